The number of halogens is 4. The highest BCUT2D eigenvalue weighted by Gasteiger charge is 2.30. The molecule has 0 N–H and O–H groups in total. The smallest absolute Gasteiger partial charge is 0.416 e. The van der Waals surface area contributed by atoms with Crippen LogP contribution in [0.2, 0.25) is 0 Å². The molecule has 0 aliphatic carbocycles. The summed E-state index contributed by atoms with van der Waals surface area (Å²) in [5.41, 5.74) is 0.462. The fourth-order valence-corrected chi connectivity index (χ4v) is 3.07. The molecule has 2 nitrogen and oxygen atoms in total. The molecule has 2 aromatic carbocycles. The summed E-state index contributed by atoms with van der Waals surface area (Å²) in [4.78, 5) is 2.30. The first-order valence-corrected chi connectivity index (χ1v) is 8.06. The molecule has 25 heavy (non-hydrogen) atoms. The van der Waals surface area contributed by atoms with E-state index in [0.717, 1.165) is 49.4 Å². The number of para-hydroxylation sites is 1. The quantitative estimate of drug-likeness (QED) is 0.683. The summed E-state index contributed by atoms with van der Waals surface area (Å²) < 4.78 is 43.8. The zero-order chi connectivity index (χ0) is 17.2. The lowest BCUT2D eigenvalue weighted by Gasteiger charge is -2.30. The van der Waals surface area contributed by atoms with Crippen LogP contribution in [0.15, 0.2) is 48.5 Å². The van der Waals surface area contributed by atoms with Crippen LogP contribution in [0.25, 0.3) is 0 Å². The maximum Gasteiger partial charge on any atom is 0.416 e. The average molecular weight is 372 g/mol. The number of benzene rings is 2. The van der Waals surface area contributed by atoms with Crippen molar-refractivity contribution >= 4 is 12.4 Å². The van der Waals surface area contributed by atoms with E-state index in [1.165, 1.54) is 12.1 Å². The minimum atomic E-state index is -4.33. The molecule has 1 heterocycles. The zero-order valence-electron chi connectivity index (χ0n) is 13.9. The van der Waals surface area contributed by atoms with Crippen LogP contribution in [-0.2, 0) is 6.18 Å². The molecule has 1 fully saturated rings. The molecule has 0 radical (unpaired) electrons. The fraction of sp³-hybridized carbons (Fsp3) is 0.368. The van der Waals surface area contributed by atoms with Crippen LogP contribution in [0.1, 0.15) is 29.9 Å². The summed E-state index contributed by atoms with van der Waals surface area (Å²) >= 11 is 0. The summed E-state index contributed by atoms with van der Waals surface area (Å²) in [5.74, 6) is 1.57. The highest BCUT2D eigenvalue weighted by atomic mass is 35.5. The first-order valence-electron chi connectivity index (χ1n) is 8.06. The Bertz CT molecular complexity index is 680. The molecule has 0 spiro atoms. The molecule has 1 saturated heterocycles. The third-order valence-electron chi connectivity index (χ3n) is 4.49. The van der Waals surface area contributed by atoms with Gasteiger partial charge in [0.15, 0.2) is 0 Å². The van der Waals surface area contributed by atoms with Crippen LogP contribution < -0.4 is 4.74 Å². The Morgan fingerprint density at radius 1 is 0.960 bits per heavy atom. The van der Waals surface area contributed by atoms with E-state index in [1.54, 1.807) is 0 Å². The second-order valence-corrected chi connectivity index (χ2v) is 6.24. The Labute approximate surface area is 152 Å². The van der Waals surface area contributed by atoms with E-state index < -0.39 is 11.7 Å². The van der Waals surface area contributed by atoms with Crippen LogP contribution in [0, 0.1) is 0 Å². The van der Waals surface area contributed by atoms with Gasteiger partial charge < -0.3 is 9.64 Å². The van der Waals surface area contributed by atoms with Gasteiger partial charge in [0.1, 0.15) is 11.5 Å². The number of likely N-dealkylation sites (tertiary alicyclic amines) is 1. The van der Waals surface area contributed by atoms with Gasteiger partial charge in [-0.2, -0.15) is 13.2 Å². The van der Waals surface area contributed by atoms with Gasteiger partial charge >= 0.3 is 6.18 Å². The molecule has 6 heteroatoms. The van der Waals surface area contributed by atoms with Crippen molar-refractivity contribution in [3.05, 3.63) is 59.7 Å². The monoisotopic (exact) mass is 371 g/mol. The number of alkyl halides is 3. The van der Waals surface area contributed by atoms with E-state index in [1.807, 2.05) is 18.2 Å². The van der Waals surface area contributed by atoms with E-state index >= 15 is 0 Å². The highest BCUT2D eigenvalue weighted by Crippen LogP contribution is 2.37. The Morgan fingerprint density at radius 2 is 1.56 bits per heavy atom. The lowest BCUT2D eigenvalue weighted by atomic mass is 9.89. The van der Waals surface area contributed by atoms with E-state index in [2.05, 4.69) is 18.0 Å². The molecule has 1 aliphatic rings. The van der Waals surface area contributed by atoms with Gasteiger partial charge in [-0.25, -0.2) is 0 Å². The maximum atomic E-state index is 12.6. The van der Waals surface area contributed by atoms with Crippen molar-refractivity contribution in [1.82, 2.24) is 4.90 Å². The number of piperidine rings is 1. The van der Waals surface area contributed by atoms with E-state index in [4.69, 9.17) is 4.74 Å². The van der Waals surface area contributed by atoms with Gasteiger partial charge in [-0.15, -0.1) is 12.4 Å². The topological polar surface area (TPSA) is 12.5 Å². The van der Waals surface area contributed by atoms with E-state index in [9.17, 15) is 13.2 Å². The van der Waals surface area contributed by atoms with Crippen molar-refractivity contribution in [2.75, 3.05) is 20.1 Å². The van der Waals surface area contributed by atoms with Crippen molar-refractivity contribution in [2.45, 2.75) is 24.9 Å². The lowest BCUT2D eigenvalue weighted by molar-refractivity contribution is -0.137. The Kier molecular flexibility index (Phi) is 6.36. The predicted octanol–water partition coefficient (Wildman–Crippen LogP) is 5.73. The number of hydrogen-bond acceptors (Lipinski definition) is 2. The third kappa shape index (κ3) is 4.89. The van der Waals surface area contributed by atoms with Crippen LogP contribution in [-0.4, -0.2) is 25.0 Å². The van der Waals surface area contributed by atoms with Crippen LogP contribution in [0.3, 0.4) is 0 Å². The van der Waals surface area contributed by atoms with Crippen molar-refractivity contribution in [2.24, 2.45) is 0 Å². The Hall–Kier alpha value is -1.72. The van der Waals surface area contributed by atoms with Gasteiger partial charge in [0, 0.05) is 0 Å². The van der Waals surface area contributed by atoms with Crippen molar-refractivity contribution in [3.8, 4) is 11.5 Å². The molecule has 2 aromatic rings. The molecule has 136 valence electrons. The first kappa shape index (κ1) is 19.6. The molecule has 0 unspecified atom stereocenters. The molecular formula is C19H21ClF3NO. The average Bonchev–Trinajstić information content (AvgIpc) is 2.56. The summed E-state index contributed by atoms with van der Waals surface area (Å²) in [7, 11) is 2.11. The zero-order valence-corrected chi connectivity index (χ0v) is 14.7. The first-order chi connectivity index (χ1) is 11.4. The van der Waals surface area contributed by atoms with Gasteiger partial charge in [0.2, 0.25) is 0 Å². The largest absolute Gasteiger partial charge is 0.457 e. The maximum absolute atomic E-state index is 12.6. The minimum absolute atomic E-state index is 0. The molecular weight excluding hydrogens is 351 g/mol. The number of nitrogens with zero attached hydrogens (tertiary/aromatic N) is 1. The van der Waals surface area contributed by atoms with Gasteiger partial charge in [0.05, 0.1) is 5.56 Å². The summed E-state index contributed by atoms with van der Waals surface area (Å²) in [5, 5.41) is 0. The highest BCUT2D eigenvalue weighted by molar-refractivity contribution is 5.85. The second kappa shape index (κ2) is 8.11. The van der Waals surface area contributed by atoms with Gasteiger partial charge in [-0.1, -0.05) is 18.2 Å². The SMILES string of the molecule is CN1CCC(c2ccccc2Oc2ccc(C(F)(F)F)cc2)CC1.Cl. The number of hydrogen-bond donors (Lipinski definition) is 0. The summed E-state index contributed by atoms with van der Waals surface area (Å²) in [6.07, 6.45) is -2.21. The van der Waals surface area contributed by atoms with Crippen LogP contribution >= 0.6 is 12.4 Å². The van der Waals surface area contributed by atoms with E-state index in [0.29, 0.717) is 11.7 Å². The fourth-order valence-electron chi connectivity index (χ4n) is 3.07. The predicted molar refractivity (Wildman–Crippen MR) is 94.7 cm³/mol. The van der Waals surface area contributed by atoms with Gasteiger partial charge in [-0.05, 0) is 74.8 Å². The lowest BCUT2D eigenvalue weighted by Crippen LogP contribution is -2.29. The van der Waals surface area contributed by atoms with E-state index in [-0.39, 0.29) is 12.4 Å². The van der Waals surface area contributed by atoms with Crippen molar-refractivity contribution in [1.29, 1.82) is 0 Å². The summed E-state index contributed by atoms with van der Waals surface area (Å²) in [6.45, 7) is 2.08. The Morgan fingerprint density at radius 3 is 2.16 bits per heavy atom. The Balaban J connectivity index is 0.00000225. The number of rotatable bonds is 3. The van der Waals surface area contributed by atoms with Crippen molar-refractivity contribution < 1.29 is 17.9 Å². The molecule has 3 rings (SSSR count). The molecule has 0 aromatic heterocycles. The normalized spacial score (nSPS) is 16.3. The summed E-state index contributed by atoms with van der Waals surface area (Å²) in [6, 6.07) is 12.6. The molecule has 0 saturated carbocycles. The minimum Gasteiger partial charge on any atom is -0.457 e. The van der Waals surface area contributed by atoms with Crippen LogP contribution in [0.5, 0.6) is 11.5 Å². The standard InChI is InChI=1S/C19H20F3NO.ClH/c1-23-12-10-14(11-13-23)17-4-2-3-5-18(17)24-16-8-6-15(7-9-16)19(20,21)22;/h2-9,14H,10-13H2,1H3;1H. The third-order valence-corrected chi connectivity index (χ3v) is 4.49. The molecule has 0 atom stereocenters. The molecule has 1 aliphatic heterocycles. The molecule has 0 bridgehead atoms. The second-order valence-electron chi connectivity index (χ2n) is 6.24. The van der Waals surface area contributed by atoms with Crippen molar-refractivity contribution in [3.63, 3.8) is 0 Å². The molecule has 0 amide bonds. The number of ether oxygens (including phenoxy) is 1. The van der Waals surface area contributed by atoms with Gasteiger partial charge in [-0.3, -0.25) is 0 Å². The van der Waals surface area contributed by atoms with Gasteiger partial charge in [0.25, 0.3) is 0 Å². The van der Waals surface area contributed by atoms with Crippen LogP contribution in [0.4, 0.5) is 13.2 Å².